The Morgan fingerprint density at radius 3 is 2.76 bits per heavy atom. The summed E-state index contributed by atoms with van der Waals surface area (Å²) in [7, 11) is 0. The van der Waals surface area contributed by atoms with Crippen LogP contribution in [-0.2, 0) is 5.72 Å². The van der Waals surface area contributed by atoms with Crippen LogP contribution in [0.15, 0.2) is 12.7 Å². The van der Waals surface area contributed by atoms with Gasteiger partial charge < -0.3 is 15.9 Å². The average Bonchev–Trinajstić information content (AvgIpc) is 2.73. The minimum Gasteiger partial charge on any atom is -0.388 e. The van der Waals surface area contributed by atoms with Crippen molar-refractivity contribution in [3.8, 4) is 0 Å². The highest BCUT2D eigenvalue weighted by Crippen LogP contribution is 2.26. The quantitative estimate of drug-likeness (QED) is 0.684. The van der Waals surface area contributed by atoms with Gasteiger partial charge in [0.05, 0.1) is 12.4 Å². The molecule has 0 saturated heterocycles. The van der Waals surface area contributed by atoms with Gasteiger partial charge in [0.1, 0.15) is 11.8 Å². The van der Waals surface area contributed by atoms with Gasteiger partial charge >= 0.3 is 0 Å². The lowest BCUT2D eigenvalue weighted by molar-refractivity contribution is -0.127. The number of aliphatic hydroxyl groups excluding tert-OH is 1. The fourth-order valence-corrected chi connectivity index (χ4v) is 1.80. The zero-order valence-corrected chi connectivity index (χ0v) is 9.70. The first-order chi connectivity index (χ1) is 8.00. The van der Waals surface area contributed by atoms with Crippen molar-refractivity contribution in [1.82, 2.24) is 19.5 Å². The lowest BCUT2D eigenvalue weighted by atomic mass is 10.1. The van der Waals surface area contributed by atoms with Gasteiger partial charge in [0.15, 0.2) is 17.2 Å². The van der Waals surface area contributed by atoms with Gasteiger partial charge in [-0.05, 0) is 13.3 Å². The lowest BCUT2D eigenvalue weighted by Gasteiger charge is -2.31. The van der Waals surface area contributed by atoms with E-state index in [1.165, 1.54) is 24.1 Å². The van der Waals surface area contributed by atoms with Crippen LogP contribution in [0.25, 0.3) is 11.2 Å². The number of imidazole rings is 1. The number of hydrogen-bond donors (Lipinski definition) is 3. The van der Waals surface area contributed by atoms with Crippen molar-refractivity contribution < 1.29 is 10.2 Å². The van der Waals surface area contributed by atoms with Gasteiger partial charge in [-0.2, -0.15) is 0 Å². The van der Waals surface area contributed by atoms with Gasteiger partial charge in [0.25, 0.3) is 0 Å². The number of fused-ring (bicyclic) bond motifs is 1. The normalized spacial score (nSPS) is 16.9. The second-order valence-corrected chi connectivity index (χ2v) is 3.95. The number of rotatable bonds is 3. The molecule has 0 aliphatic rings. The zero-order chi connectivity index (χ0) is 12.6. The zero-order valence-electron chi connectivity index (χ0n) is 9.70. The molecule has 0 aliphatic heterocycles. The molecule has 0 bridgehead atoms. The molecule has 0 radical (unpaired) electrons. The molecular weight excluding hydrogens is 222 g/mol. The van der Waals surface area contributed by atoms with E-state index in [1.807, 2.05) is 0 Å². The Labute approximate surface area is 97.9 Å². The number of nitrogens with zero attached hydrogens (tertiary/aromatic N) is 4. The van der Waals surface area contributed by atoms with Crippen molar-refractivity contribution in [3.63, 3.8) is 0 Å². The molecule has 0 saturated carbocycles. The van der Waals surface area contributed by atoms with Crippen molar-refractivity contribution in [1.29, 1.82) is 0 Å². The Bertz CT molecular complexity index is 538. The molecule has 7 heteroatoms. The third kappa shape index (κ3) is 1.63. The number of hydrogen-bond acceptors (Lipinski definition) is 6. The van der Waals surface area contributed by atoms with E-state index in [0.717, 1.165) is 0 Å². The molecule has 17 heavy (non-hydrogen) atoms. The first kappa shape index (κ1) is 11.7. The molecule has 2 atom stereocenters. The standard InChI is InChI=1S/C10H15N5O2/c1-3-10(17,6(2)16)15-5-14-7-8(11)12-4-13-9(7)15/h4-6,16-17H,3H2,1-2H3,(H2,11,12,13). The Morgan fingerprint density at radius 1 is 1.47 bits per heavy atom. The van der Waals surface area contributed by atoms with Crippen molar-refractivity contribution in [2.45, 2.75) is 32.1 Å². The van der Waals surface area contributed by atoms with E-state index in [9.17, 15) is 10.2 Å². The monoisotopic (exact) mass is 237 g/mol. The summed E-state index contributed by atoms with van der Waals surface area (Å²) in [6.07, 6.45) is 2.07. The fourth-order valence-electron chi connectivity index (χ4n) is 1.80. The average molecular weight is 237 g/mol. The van der Waals surface area contributed by atoms with Crippen LogP contribution < -0.4 is 5.73 Å². The SMILES string of the molecule is CCC(O)(C(C)O)n1cnc2c(N)ncnc21. The van der Waals surface area contributed by atoms with E-state index >= 15 is 0 Å². The van der Waals surface area contributed by atoms with Crippen LogP contribution in [0.1, 0.15) is 20.3 Å². The van der Waals surface area contributed by atoms with Crippen molar-refractivity contribution in [3.05, 3.63) is 12.7 Å². The van der Waals surface area contributed by atoms with E-state index in [2.05, 4.69) is 15.0 Å². The van der Waals surface area contributed by atoms with Crippen LogP contribution in [0.3, 0.4) is 0 Å². The minimum absolute atomic E-state index is 0.248. The molecule has 2 unspecified atom stereocenters. The Hall–Kier alpha value is -1.73. The molecule has 2 aromatic rings. The molecule has 0 fully saturated rings. The summed E-state index contributed by atoms with van der Waals surface area (Å²) >= 11 is 0. The van der Waals surface area contributed by atoms with Gasteiger partial charge in [-0.3, -0.25) is 4.57 Å². The third-order valence-electron chi connectivity index (χ3n) is 2.97. The summed E-state index contributed by atoms with van der Waals surface area (Å²) in [5, 5.41) is 20.1. The van der Waals surface area contributed by atoms with Crippen LogP contribution in [0.2, 0.25) is 0 Å². The smallest absolute Gasteiger partial charge is 0.169 e. The molecule has 0 amide bonds. The summed E-state index contributed by atoms with van der Waals surface area (Å²) in [6, 6.07) is 0. The van der Waals surface area contributed by atoms with Crippen LogP contribution >= 0.6 is 0 Å². The lowest BCUT2D eigenvalue weighted by Crippen LogP contribution is -2.42. The maximum absolute atomic E-state index is 10.4. The number of anilines is 1. The summed E-state index contributed by atoms with van der Waals surface area (Å²) in [5.74, 6) is 0.248. The first-order valence-electron chi connectivity index (χ1n) is 5.35. The van der Waals surface area contributed by atoms with E-state index < -0.39 is 11.8 Å². The topological polar surface area (TPSA) is 110 Å². The molecule has 0 aromatic carbocycles. The molecule has 7 nitrogen and oxygen atoms in total. The Balaban J connectivity index is 2.67. The summed E-state index contributed by atoms with van der Waals surface area (Å²) in [6.45, 7) is 3.28. The highest BCUT2D eigenvalue weighted by molar-refractivity contribution is 5.81. The Morgan fingerprint density at radius 2 is 2.18 bits per heavy atom. The second-order valence-electron chi connectivity index (χ2n) is 3.95. The molecule has 0 spiro atoms. The number of nitrogen functional groups attached to an aromatic ring is 1. The van der Waals surface area contributed by atoms with E-state index in [4.69, 9.17) is 5.73 Å². The maximum Gasteiger partial charge on any atom is 0.169 e. The highest BCUT2D eigenvalue weighted by atomic mass is 16.4. The van der Waals surface area contributed by atoms with Crippen molar-refractivity contribution >= 4 is 17.0 Å². The minimum atomic E-state index is -1.45. The van der Waals surface area contributed by atoms with Gasteiger partial charge in [-0.25, -0.2) is 15.0 Å². The summed E-state index contributed by atoms with van der Waals surface area (Å²) in [4.78, 5) is 11.9. The Kier molecular flexibility index (Phi) is 2.72. The van der Waals surface area contributed by atoms with Gasteiger partial charge in [0, 0.05) is 0 Å². The molecular formula is C10H15N5O2. The van der Waals surface area contributed by atoms with Gasteiger partial charge in [0.2, 0.25) is 0 Å². The number of nitrogens with two attached hydrogens (primary N) is 1. The number of aliphatic hydroxyl groups is 2. The largest absolute Gasteiger partial charge is 0.388 e. The van der Waals surface area contributed by atoms with Crippen LogP contribution in [-0.4, -0.2) is 35.8 Å². The molecule has 92 valence electrons. The molecule has 4 N–H and O–H groups in total. The van der Waals surface area contributed by atoms with Gasteiger partial charge in [-0.15, -0.1) is 0 Å². The van der Waals surface area contributed by atoms with Crippen LogP contribution in [0, 0.1) is 0 Å². The predicted octanol–water partition coefficient (Wildman–Crippen LogP) is -0.156. The van der Waals surface area contributed by atoms with Crippen molar-refractivity contribution in [2.24, 2.45) is 0 Å². The van der Waals surface area contributed by atoms with Crippen molar-refractivity contribution in [2.75, 3.05) is 5.73 Å². The predicted molar refractivity (Wildman–Crippen MR) is 61.9 cm³/mol. The second kappa shape index (κ2) is 3.94. The first-order valence-corrected chi connectivity index (χ1v) is 5.35. The number of aromatic nitrogens is 4. The molecule has 2 aromatic heterocycles. The fraction of sp³-hybridized carbons (Fsp3) is 0.500. The summed E-state index contributed by atoms with van der Waals surface area (Å²) in [5.41, 5.74) is 5.03. The summed E-state index contributed by atoms with van der Waals surface area (Å²) < 4.78 is 1.42. The molecule has 2 heterocycles. The maximum atomic E-state index is 10.4. The van der Waals surface area contributed by atoms with Crippen LogP contribution in [0.4, 0.5) is 5.82 Å². The third-order valence-corrected chi connectivity index (χ3v) is 2.97. The van der Waals surface area contributed by atoms with Gasteiger partial charge in [-0.1, -0.05) is 6.92 Å². The van der Waals surface area contributed by atoms with E-state index in [1.54, 1.807) is 6.92 Å². The molecule has 2 rings (SSSR count). The van der Waals surface area contributed by atoms with E-state index in [-0.39, 0.29) is 5.82 Å². The molecule has 0 aliphatic carbocycles. The highest BCUT2D eigenvalue weighted by Gasteiger charge is 2.34. The van der Waals surface area contributed by atoms with E-state index in [0.29, 0.717) is 17.6 Å². The van der Waals surface area contributed by atoms with Crippen LogP contribution in [0.5, 0.6) is 0 Å².